The molecule has 1 N–H and O–H groups in total. The number of benzene rings is 1. The van der Waals surface area contributed by atoms with Gasteiger partial charge in [-0.05, 0) is 31.0 Å². The minimum atomic E-state index is -3.67. The number of sulfonamides is 1. The average molecular weight is 399 g/mol. The van der Waals surface area contributed by atoms with Gasteiger partial charge in [0.25, 0.3) is 0 Å². The molecular formula is C19H21N5O3S. The van der Waals surface area contributed by atoms with E-state index in [0.717, 1.165) is 37.3 Å². The van der Waals surface area contributed by atoms with Crippen LogP contribution in [0.2, 0.25) is 0 Å². The average Bonchev–Trinajstić information content (AvgIpc) is 3.39. The number of aryl methyl sites for hydroxylation is 1. The third-order valence-corrected chi connectivity index (χ3v) is 6.04. The van der Waals surface area contributed by atoms with Gasteiger partial charge in [-0.25, -0.2) is 28.1 Å². The van der Waals surface area contributed by atoms with Gasteiger partial charge in [-0.3, -0.25) is 0 Å². The largest absolute Gasteiger partial charge is 0.449 e. The van der Waals surface area contributed by atoms with E-state index in [4.69, 9.17) is 4.42 Å². The lowest BCUT2D eigenvalue weighted by Crippen LogP contribution is -2.25. The van der Waals surface area contributed by atoms with Crippen LogP contribution in [0.3, 0.4) is 0 Å². The Labute approximate surface area is 163 Å². The molecule has 3 aromatic rings. The number of aromatic nitrogens is 3. The van der Waals surface area contributed by atoms with Gasteiger partial charge < -0.3 is 9.32 Å². The molecule has 0 saturated carbocycles. The zero-order chi connectivity index (χ0) is 19.6. The van der Waals surface area contributed by atoms with Crippen LogP contribution in [-0.4, -0.2) is 36.5 Å². The molecule has 9 heteroatoms. The number of hydrogen-bond acceptors (Lipinski definition) is 7. The highest BCUT2D eigenvalue weighted by Gasteiger charge is 2.17. The second-order valence-corrected chi connectivity index (χ2v) is 8.39. The molecule has 28 heavy (non-hydrogen) atoms. The number of nitrogens with one attached hydrogen (secondary N) is 1. The summed E-state index contributed by atoms with van der Waals surface area (Å²) in [5, 5.41) is 0. The van der Waals surface area contributed by atoms with Gasteiger partial charge in [-0.2, -0.15) is 0 Å². The SMILES string of the molecule is Cc1nc(-c2ccc(S(=O)(=O)NCc3nccc(N4CCCC4)n3)cc2)co1. The standard InChI is InChI=1S/C19H21N5O3S/c1-14-22-17(13-27-14)15-4-6-16(7-5-15)28(25,26)21-12-18-20-9-8-19(23-18)24-10-2-3-11-24/h4-9,13,21H,2-3,10-12H2,1H3. The zero-order valence-electron chi connectivity index (χ0n) is 15.5. The van der Waals surface area contributed by atoms with E-state index in [1.165, 1.54) is 0 Å². The van der Waals surface area contributed by atoms with Crippen molar-refractivity contribution in [3.8, 4) is 11.3 Å². The molecule has 8 nitrogen and oxygen atoms in total. The molecule has 0 radical (unpaired) electrons. The molecule has 0 bridgehead atoms. The summed E-state index contributed by atoms with van der Waals surface area (Å²) in [5.41, 5.74) is 1.46. The van der Waals surface area contributed by atoms with Crippen LogP contribution in [0, 0.1) is 6.92 Å². The van der Waals surface area contributed by atoms with E-state index in [0.29, 0.717) is 17.4 Å². The monoisotopic (exact) mass is 399 g/mol. The third kappa shape index (κ3) is 4.05. The first-order valence-corrected chi connectivity index (χ1v) is 10.6. The lowest BCUT2D eigenvalue weighted by atomic mass is 10.2. The minimum Gasteiger partial charge on any atom is -0.449 e. The highest BCUT2D eigenvalue weighted by molar-refractivity contribution is 7.89. The Bertz CT molecular complexity index is 1060. The Morgan fingerprint density at radius 1 is 1.11 bits per heavy atom. The summed E-state index contributed by atoms with van der Waals surface area (Å²) in [6, 6.07) is 8.35. The van der Waals surface area contributed by atoms with Crippen molar-refractivity contribution in [2.45, 2.75) is 31.2 Å². The predicted molar refractivity (Wildman–Crippen MR) is 104 cm³/mol. The number of anilines is 1. The van der Waals surface area contributed by atoms with Gasteiger partial charge in [0.05, 0.1) is 11.4 Å². The lowest BCUT2D eigenvalue weighted by molar-refractivity contribution is 0.521. The number of hydrogen-bond donors (Lipinski definition) is 1. The van der Waals surface area contributed by atoms with Crippen LogP contribution in [-0.2, 0) is 16.6 Å². The summed E-state index contributed by atoms with van der Waals surface area (Å²) in [4.78, 5) is 15.3. The molecule has 0 aliphatic carbocycles. The van der Waals surface area contributed by atoms with Crippen LogP contribution < -0.4 is 9.62 Å². The Balaban J connectivity index is 1.45. The van der Waals surface area contributed by atoms with Crippen LogP contribution in [0.5, 0.6) is 0 Å². The smallest absolute Gasteiger partial charge is 0.240 e. The van der Waals surface area contributed by atoms with Gasteiger partial charge in [0.2, 0.25) is 10.0 Å². The maximum Gasteiger partial charge on any atom is 0.240 e. The van der Waals surface area contributed by atoms with E-state index in [-0.39, 0.29) is 11.4 Å². The molecule has 1 aliphatic rings. The first-order chi connectivity index (χ1) is 13.5. The quantitative estimate of drug-likeness (QED) is 0.679. The van der Waals surface area contributed by atoms with E-state index in [1.54, 1.807) is 43.6 Å². The Morgan fingerprint density at radius 2 is 1.86 bits per heavy atom. The van der Waals surface area contributed by atoms with E-state index < -0.39 is 10.0 Å². The lowest BCUT2D eigenvalue weighted by Gasteiger charge is -2.16. The maximum absolute atomic E-state index is 12.6. The van der Waals surface area contributed by atoms with Crippen LogP contribution in [0.1, 0.15) is 24.6 Å². The second kappa shape index (κ2) is 7.69. The normalized spacial score (nSPS) is 14.5. The van der Waals surface area contributed by atoms with E-state index in [1.807, 2.05) is 6.07 Å². The summed E-state index contributed by atoms with van der Waals surface area (Å²) in [7, 11) is -3.67. The van der Waals surface area contributed by atoms with Gasteiger partial charge in [-0.15, -0.1) is 0 Å². The summed E-state index contributed by atoms with van der Waals surface area (Å²) in [6.45, 7) is 3.74. The van der Waals surface area contributed by atoms with Crippen molar-refractivity contribution in [3.63, 3.8) is 0 Å². The molecule has 146 valence electrons. The van der Waals surface area contributed by atoms with Crippen molar-refractivity contribution in [2.24, 2.45) is 0 Å². The van der Waals surface area contributed by atoms with Crippen molar-refractivity contribution in [1.29, 1.82) is 0 Å². The molecule has 1 saturated heterocycles. The van der Waals surface area contributed by atoms with Crippen molar-refractivity contribution >= 4 is 15.8 Å². The molecular weight excluding hydrogens is 378 g/mol. The molecule has 1 fully saturated rings. The second-order valence-electron chi connectivity index (χ2n) is 6.63. The highest BCUT2D eigenvalue weighted by atomic mass is 32.2. The van der Waals surface area contributed by atoms with Crippen molar-refractivity contribution in [1.82, 2.24) is 19.7 Å². The predicted octanol–water partition coefficient (Wildman–Crippen LogP) is 2.52. The number of rotatable bonds is 6. The van der Waals surface area contributed by atoms with Gasteiger partial charge in [0, 0.05) is 31.8 Å². The van der Waals surface area contributed by atoms with Crippen LogP contribution >= 0.6 is 0 Å². The van der Waals surface area contributed by atoms with Crippen molar-refractivity contribution in [3.05, 3.63) is 54.5 Å². The molecule has 1 aromatic carbocycles. The maximum atomic E-state index is 12.6. The highest BCUT2D eigenvalue weighted by Crippen LogP contribution is 2.21. The third-order valence-electron chi connectivity index (χ3n) is 4.62. The van der Waals surface area contributed by atoms with Gasteiger partial charge >= 0.3 is 0 Å². The van der Waals surface area contributed by atoms with Crippen LogP contribution in [0.25, 0.3) is 11.3 Å². The van der Waals surface area contributed by atoms with E-state index in [9.17, 15) is 8.42 Å². The van der Waals surface area contributed by atoms with Crippen molar-refractivity contribution < 1.29 is 12.8 Å². The molecule has 0 spiro atoms. The molecule has 4 rings (SSSR count). The first kappa shape index (κ1) is 18.6. The Morgan fingerprint density at radius 3 is 2.54 bits per heavy atom. The van der Waals surface area contributed by atoms with Crippen LogP contribution in [0.15, 0.2) is 52.1 Å². The number of nitrogens with zero attached hydrogens (tertiary/aromatic N) is 4. The van der Waals surface area contributed by atoms with Crippen LogP contribution in [0.4, 0.5) is 5.82 Å². The molecule has 2 aromatic heterocycles. The molecule has 0 unspecified atom stereocenters. The summed E-state index contributed by atoms with van der Waals surface area (Å²) >= 11 is 0. The fourth-order valence-corrected chi connectivity index (χ4v) is 4.12. The number of oxazole rings is 1. The minimum absolute atomic E-state index is 0.0360. The molecule has 0 atom stereocenters. The molecule has 3 heterocycles. The summed E-state index contributed by atoms with van der Waals surface area (Å²) in [6.07, 6.45) is 5.51. The molecule has 1 aliphatic heterocycles. The first-order valence-electron chi connectivity index (χ1n) is 9.10. The van der Waals surface area contributed by atoms with Gasteiger partial charge in [0.1, 0.15) is 23.6 Å². The summed E-state index contributed by atoms with van der Waals surface area (Å²) in [5.74, 6) is 1.85. The Kier molecular flexibility index (Phi) is 5.10. The van der Waals surface area contributed by atoms with Crippen molar-refractivity contribution in [2.75, 3.05) is 18.0 Å². The van der Waals surface area contributed by atoms with E-state index in [2.05, 4.69) is 24.6 Å². The van der Waals surface area contributed by atoms with Gasteiger partial charge in [0.15, 0.2) is 5.89 Å². The zero-order valence-corrected chi connectivity index (χ0v) is 16.3. The van der Waals surface area contributed by atoms with Gasteiger partial charge in [-0.1, -0.05) is 12.1 Å². The van der Waals surface area contributed by atoms with E-state index >= 15 is 0 Å². The topological polar surface area (TPSA) is 101 Å². The fraction of sp³-hybridized carbons (Fsp3) is 0.316. The molecule has 0 amide bonds. The summed E-state index contributed by atoms with van der Waals surface area (Å²) < 4.78 is 32.9. The fourth-order valence-electron chi connectivity index (χ4n) is 3.14. The Hall–Kier alpha value is -2.78.